The normalized spacial score (nSPS) is 24.5. The minimum Gasteiger partial charge on any atom is -0.425 e. The van der Waals surface area contributed by atoms with E-state index in [1.165, 1.54) is 116 Å². The molecule has 3 rings (SSSR count). The number of nitrogens with zero attached hydrogens (tertiary/aromatic N) is 1. The predicted octanol–water partition coefficient (Wildman–Crippen LogP) is 9.86. The van der Waals surface area contributed by atoms with Crippen molar-refractivity contribution in [1.29, 1.82) is 0 Å². The molecule has 36 heavy (non-hydrogen) atoms. The van der Waals surface area contributed by atoms with Crippen LogP contribution >= 0.6 is 0 Å². The lowest BCUT2D eigenvalue weighted by Crippen LogP contribution is -2.26. The van der Waals surface area contributed by atoms with Gasteiger partial charge in [0, 0.05) is 5.69 Å². The van der Waals surface area contributed by atoms with Gasteiger partial charge in [-0.05, 0) is 68.4 Å². The molecule has 0 amide bonds. The molecule has 1 aromatic heterocycles. The Bertz CT molecular complexity index is 699. The highest BCUT2D eigenvalue weighted by Gasteiger charge is 2.29. The van der Waals surface area contributed by atoms with Gasteiger partial charge in [0.2, 0.25) is 0 Å². The monoisotopic (exact) mass is 497 g/mol. The summed E-state index contributed by atoms with van der Waals surface area (Å²) in [6.45, 7) is 4.53. The molecular formula is C33H55NO2. The Labute approximate surface area is 222 Å². The number of unbranched alkanes of at least 4 members (excludes halogenated alkanes) is 7. The van der Waals surface area contributed by atoms with Crippen LogP contribution in [0, 0.1) is 23.7 Å². The summed E-state index contributed by atoms with van der Waals surface area (Å²) in [5, 5.41) is 0. The highest BCUT2D eigenvalue weighted by atomic mass is 16.5. The molecule has 2 aliphatic carbocycles. The molecule has 0 N–H and O–H groups in total. The minimum absolute atomic E-state index is 0.0426. The van der Waals surface area contributed by atoms with Crippen LogP contribution in [0.1, 0.15) is 148 Å². The second-order valence-corrected chi connectivity index (χ2v) is 12.1. The first-order chi connectivity index (χ1) is 17.7. The average Bonchev–Trinajstić information content (AvgIpc) is 2.91. The zero-order valence-electron chi connectivity index (χ0n) is 23.7. The van der Waals surface area contributed by atoms with Gasteiger partial charge >= 0.3 is 5.97 Å². The van der Waals surface area contributed by atoms with Crippen molar-refractivity contribution in [3.8, 4) is 5.75 Å². The molecule has 2 aliphatic rings. The third kappa shape index (κ3) is 10.9. The molecule has 2 saturated carbocycles. The quantitative estimate of drug-likeness (QED) is 0.168. The maximum atomic E-state index is 12.7. The van der Waals surface area contributed by atoms with Crippen LogP contribution in [0.2, 0.25) is 0 Å². The number of pyridine rings is 1. The molecule has 0 unspecified atom stereocenters. The number of carbonyl (C=O) groups excluding carboxylic acids is 1. The number of rotatable bonds is 16. The fraction of sp³-hybridized carbons (Fsp3) is 0.818. The summed E-state index contributed by atoms with van der Waals surface area (Å²) in [6.07, 6.45) is 29.4. The molecule has 0 bridgehead atoms. The number of aryl methyl sites for hydroxylation is 1. The van der Waals surface area contributed by atoms with Crippen molar-refractivity contribution in [2.75, 3.05) is 0 Å². The van der Waals surface area contributed by atoms with Crippen molar-refractivity contribution in [2.24, 2.45) is 23.7 Å². The summed E-state index contributed by atoms with van der Waals surface area (Å²) in [4.78, 5) is 17.2. The summed E-state index contributed by atoms with van der Waals surface area (Å²) < 4.78 is 5.70. The van der Waals surface area contributed by atoms with E-state index in [9.17, 15) is 4.79 Å². The number of aromatic nitrogens is 1. The fourth-order valence-corrected chi connectivity index (χ4v) is 6.56. The number of carbonyl (C=O) groups is 1. The molecule has 1 aromatic rings. The number of ether oxygens (including phenoxy) is 1. The Morgan fingerprint density at radius 2 is 1.28 bits per heavy atom. The van der Waals surface area contributed by atoms with Crippen LogP contribution in [-0.4, -0.2) is 11.0 Å². The van der Waals surface area contributed by atoms with E-state index in [-0.39, 0.29) is 11.9 Å². The van der Waals surface area contributed by atoms with Gasteiger partial charge in [-0.3, -0.25) is 9.78 Å². The molecule has 0 atom stereocenters. The van der Waals surface area contributed by atoms with Crippen LogP contribution in [0.4, 0.5) is 0 Å². The molecule has 0 spiro atoms. The first-order valence-corrected chi connectivity index (χ1v) is 15.8. The molecule has 0 saturated heterocycles. The van der Waals surface area contributed by atoms with Gasteiger partial charge in [0.15, 0.2) is 0 Å². The highest BCUT2D eigenvalue weighted by Crippen LogP contribution is 2.38. The largest absolute Gasteiger partial charge is 0.425 e. The predicted molar refractivity (Wildman–Crippen MR) is 151 cm³/mol. The van der Waals surface area contributed by atoms with E-state index in [1.54, 1.807) is 6.20 Å². The first-order valence-electron chi connectivity index (χ1n) is 15.8. The van der Waals surface area contributed by atoms with Gasteiger partial charge in [0.25, 0.3) is 0 Å². The zero-order chi connectivity index (χ0) is 25.4. The van der Waals surface area contributed by atoms with E-state index < -0.39 is 0 Å². The molecule has 0 radical (unpaired) electrons. The molecule has 3 heteroatoms. The molecular weight excluding hydrogens is 442 g/mol. The molecule has 0 aromatic carbocycles. The summed E-state index contributed by atoms with van der Waals surface area (Å²) in [5.74, 6) is 3.43. The lowest BCUT2D eigenvalue weighted by molar-refractivity contribution is -0.140. The average molecular weight is 498 g/mol. The number of hydrogen-bond donors (Lipinski definition) is 0. The van der Waals surface area contributed by atoms with E-state index >= 15 is 0 Å². The Morgan fingerprint density at radius 3 is 1.86 bits per heavy atom. The van der Waals surface area contributed by atoms with Crippen molar-refractivity contribution < 1.29 is 9.53 Å². The summed E-state index contributed by atoms with van der Waals surface area (Å²) >= 11 is 0. The fourth-order valence-electron chi connectivity index (χ4n) is 6.56. The first kappa shape index (κ1) is 29.2. The van der Waals surface area contributed by atoms with Crippen molar-refractivity contribution >= 4 is 5.97 Å². The Balaban J connectivity index is 1.25. The van der Waals surface area contributed by atoms with E-state index in [0.29, 0.717) is 5.75 Å². The second-order valence-electron chi connectivity index (χ2n) is 12.1. The van der Waals surface area contributed by atoms with E-state index in [1.807, 2.05) is 12.1 Å². The van der Waals surface area contributed by atoms with Crippen LogP contribution < -0.4 is 4.74 Å². The maximum absolute atomic E-state index is 12.7. The Kier molecular flexibility index (Phi) is 13.9. The topological polar surface area (TPSA) is 39.2 Å². The third-order valence-electron chi connectivity index (χ3n) is 9.15. The third-order valence-corrected chi connectivity index (χ3v) is 9.15. The van der Waals surface area contributed by atoms with Gasteiger partial charge in [-0.15, -0.1) is 0 Å². The van der Waals surface area contributed by atoms with Crippen molar-refractivity contribution in [3.05, 3.63) is 24.0 Å². The van der Waals surface area contributed by atoms with Gasteiger partial charge in [-0.25, -0.2) is 0 Å². The van der Waals surface area contributed by atoms with Crippen LogP contribution in [0.25, 0.3) is 0 Å². The number of hydrogen-bond acceptors (Lipinski definition) is 3. The Hall–Kier alpha value is -1.38. The van der Waals surface area contributed by atoms with Gasteiger partial charge in [0.1, 0.15) is 5.75 Å². The lowest BCUT2D eigenvalue weighted by Gasteiger charge is -2.31. The second kappa shape index (κ2) is 17.2. The highest BCUT2D eigenvalue weighted by molar-refractivity contribution is 5.75. The van der Waals surface area contributed by atoms with Crippen LogP contribution in [-0.2, 0) is 11.2 Å². The van der Waals surface area contributed by atoms with Crippen LogP contribution in [0.3, 0.4) is 0 Å². The maximum Gasteiger partial charge on any atom is 0.314 e. The number of esters is 1. The van der Waals surface area contributed by atoms with Crippen molar-refractivity contribution in [3.63, 3.8) is 0 Å². The molecule has 0 aliphatic heterocycles. The van der Waals surface area contributed by atoms with Crippen molar-refractivity contribution in [2.45, 2.75) is 149 Å². The molecule has 2 fully saturated rings. The molecule has 3 nitrogen and oxygen atoms in total. The molecule has 204 valence electrons. The Morgan fingerprint density at radius 1 is 0.722 bits per heavy atom. The van der Waals surface area contributed by atoms with Crippen LogP contribution in [0.5, 0.6) is 5.75 Å². The van der Waals surface area contributed by atoms with Gasteiger partial charge in [-0.2, -0.15) is 0 Å². The smallest absolute Gasteiger partial charge is 0.314 e. The zero-order valence-corrected chi connectivity index (χ0v) is 23.7. The summed E-state index contributed by atoms with van der Waals surface area (Å²) in [5.41, 5.74) is 1.10. The van der Waals surface area contributed by atoms with E-state index in [2.05, 4.69) is 18.8 Å². The van der Waals surface area contributed by atoms with E-state index in [4.69, 9.17) is 4.74 Å². The van der Waals surface area contributed by atoms with Gasteiger partial charge in [-0.1, -0.05) is 110 Å². The van der Waals surface area contributed by atoms with Gasteiger partial charge < -0.3 is 4.74 Å². The summed E-state index contributed by atoms with van der Waals surface area (Å²) in [6, 6.07) is 3.94. The lowest BCUT2D eigenvalue weighted by atomic mass is 9.75. The SMILES string of the molecule is CCCCCCCC1CCC(CCC2CCC(C(=O)Oc3ccc(CCCCCC)nc3)CC2)CC1. The van der Waals surface area contributed by atoms with E-state index in [0.717, 1.165) is 42.7 Å². The van der Waals surface area contributed by atoms with Gasteiger partial charge in [0.05, 0.1) is 12.1 Å². The van der Waals surface area contributed by atoms with Crippen molar-refractivity contribution in [1.82, 2.24) is 4.98 Å². The van der Waals surface area contributed by atoms with Crippen LogP contribution in [0.15, 0.2) is 18.3 Å². The molecule has 1 heterocycles. The standard InChI is InChI=1S/C33H55NO2/c1-3-5-7-9-10-12-27-14-16-28(17-15-27)18-19-29-20-22-30(23-21-29)33(35)36-32-25-24-31(34-26-32)13-11-8-6-4-2/h24-30H,3-23H2,1-2H3. The summed E-state index contributed by atoms with van der Waals surface area (Å²) in [7, 11) is 0. The minimum atomic E-state index is -0.0426.